The van der Waals surface area contributed by atoms with Crippen molar-refractivity contribution >= 4 is 30.3 Å². The monoisotopic (exact) mass is 374 g/mol. The molecule has 0 bridgehead atoms. The summed E-state index contributed by atoms with van der Waals surface area (Å²) in [5.41, 5.74) is 2.37. The summed E-state index contributed by atoms with van der Waals surface area (Å²) in [5, 5.41) is 0. The molecule has 1 aromatic heterocycles. The third-order valence-electron chi connectivity index (χ3n) is 4.45. The first-order valence-electron chi connectivity index (χ1n) is 8.20. The van der Waals surface area contributed by atoms with Gasteiger partial charge >= 0.3 is 0 Å². The van der Waals surface area contributed by atoms with Gasteiger partial charge in [0.1, 0.15) is 0 Å². The van der Waals surface area contributed by atoms with Crippen LogP contribution in [0.4, 0.5) is 10.1 Å². The van der Waals surface area contributed by atoms with Crippen molar-refractivity contribution in [2.75, 3.05) is 30.9 Å². The summed E-state index contributed by atoms with van der Waals surface area (Å²) in [4.78, 5) is 32.0. The Morgan fingerprint density at radius 2 is 1.77 bits per heavy atom. The van der Waals surface area contributed by atoms with Gasteiger partial charge in [-0.15, -0.1) is 0 Å². The number of thiol groups is 1. The number of amides is 2. The average molecular weight is 374 g/mol. The summed E-state index contributed by atoms with van der Waals surface area (Å²) in [5.74, 6) is -1.09. The minimum atomic E-state index is -0.635. The van der Waals surface area contributed by atoms with E-state index in [1.54, 1.807) is 15.9 Å². The van der Waals surface area contributed by atoms with Crippen LogP contribution in [0.3, 0.4) is 0 Å². The molecule has 0 unspecified atom stereocenters. The van der Waals surface area contributed by atoms with Gasteiger partial charge in [0.05, 0.1) is 11.8 Å². The second-order valence-corrected chi connectivity index (χ2v) is 6.31. The van der Waals surface area contributed by atoms with E-state index < -0.39 is 5.82 Å². The van der Waals surface area contributed by atoms with Gasteiger partial charge in [-0.2, -0.15) is 0 Å². The molecule has 2 heterocycles. The van der Waals surface area contributed by atoms with Gasteiger partial charge in [-0.05, 0) is 36.8 Å². The van der Waals surface area contributed by atoms with Gasteiger partial charge < -0.3 is 14.5 Å². The number of rotatable bonds is 3. The molecule has 8 heteroatoms. The molecule has 136 valence electrons. The zero-order valence-corrected chi connectivity index (χ0v) is 15.2. The number of benzene rings is 1. The van der Waals surface area contributed by atoms with E-state index in [4.69, 9.17) is 0 Å². The van der Waals surface area contributed by atoms with E-state index in [1.807, 2.05) is 19.1 Å². The molecule has 1 N–H and O–H groups in total. The van der Waals surface area contributed by atoms with Crippen LogP contribution in [0.25, 0.3) is 0 Å². The maximum atomic E-state index is 13.7. The van der Waals surface area contributed by atoms with Crippen molar-refractivity contribution in [3.8, 4) is 0 Å². The molecule has 1 aliphatic rings. The average Bonchev–Trinajstić information content (AvgIpc) is 2.67. The second kappa shape index (κ2) is 7.74. The quantitative estimate of drug-likeness (QED) is 0.810. The van der Waals surface area contributed by atoms with Crippen molar-refractivity contribution in [2.45, 2.75) is 6.92 Å². The Hall–Kier alpha value is -2.61. The van der Waals surface area contributed by atoms with Gasteiger partial charge in [-0.25, -0.2) is 4.39 Å². The van der Waals surface area contributed by atoms with Crippen LogP contribution in [-0.2, 0) is 0 Å². The maximum Gasteiger partial charge on any atom is 0.257 e. The molecule has 2 aromatic rings. The molecule has 2 amide bonds. The Bertz CT molecular complexity index is 838. The Morgan fingerprint density at radius 3 is 2.35 bits per heavy atom. The molecule has 6 nitrogen and oxygen atoms in total. The summed E-state index contributed by atoms with van der Waals surface area (Å²) in [7, 11) is 0. The lowest BCUT2D eigenvalue weighted by molar-refractivity contribution is 0.0532. The number of halogens is 1. The Labute approximate surface area is 156 Å². The van der Waals surface area contributed by atoms with Crippen LogP contribution in [0, 0.1) is 12.7 Å². The Kier molecular flexibility index (Phi) is 5.41. The summed E-state index contributed by atoms with van der Waals surface area (Å²) in [6.45, 7) is 3.43. The minimum Gasteiger partial charge on any atom is -0.335 e. The SMILES string of the molecule is Cc1cc(C(=O)N2CCN(C(=O)c3ccncc3F)CC2)ccc1NS. The third-order valence-corrected chi connectivity index (χ3v) is 4.69. The van der Waals surface area contributed by atoms with Crippen LogP contribution in [0.2, 0.25) is 0 Å². The smallest absolute Gasteiger partial charge is 0.257 e. The first-order chi connectivity index (χ1) is 12.5. The van der Waals surface area contributed by atoms with Crippen LogP contribution in [-0.4, -0.2) is 52.8 Å². The van der Waals surface area contributed by atoms with Gasteiger partial charge in [0, 0.05) is 43.6 Å². The molecule has 0 atom stereocenters. The van der Waals surface area contributed by atoms with Crippen LogP contribution in [0.5, 0.6) is 0 Å². The summed E-state index contributed by atoms with van der Waals surface area (Å²) in [6.07, 6.45) is 2.42. The van der Waals surface area contributed by atoms with Crippen molar-refractivity contribution in [2.24, 2.45) is 0 Å². The molecule has 1 aromatic carbocycles. The highest BCUT2D eigenvalue weighted by Gasteiger charge is 2.26. The van der Waals surface area contributed by atoms with E-state index in [0.29, 0.717) is 31.7 Å². The predicted molar refractivity (Wildman–Crippen MR) is 99.8 cm³/mol. The molecule has 0 spiro atoms. The van der Waals surface area contributed by atoms with Gasteiger partial charge in [0.2, 0.25) is 0 Å². The van der Waals surface area contributed by atoms with Gasteiger partial charge in [-0.3, -0.25) is 14.6 Å². The largest absolute Gasteiger partial charge is 0.335 e. The summed E-state index contributed by atoms with van der Waals surface area (Å²) < 4.78 is 16.5. The number of anilines is 1. The summed E-state index contributed by atoms with van der Waals surface area (Å²) in [6, 6.07) is 6.74. The van der Waals surface area contributed by atoms with Crippen LogP contribution in [0.1, 0.15) is 26.3 Å². The number of carbonyl (C=O) groups excluding carboxylic acids is 2. The fourth-order valence-electron chi connectivity index (χ4n) is 2.94. The van der Waals surface area contributed by atoms with Crippen molar-refractivity contribution in [1.82, 2.24) is 14.8 Å². The minimum absolute atomic E-state index is 0.00486. The van der Waals surface area contributed by atoms with E-state index in [1.165, 1.54) is 12.3 Å². The molecule has 0 saturated carbocycles. The van der Waals surface area contributed by atoms with E-state index in [0.717, 1.165) is 17.4 Å². The lowest BCUT2D eigenvalue weighted by atomic mass is 10.1. The molecule has 3 rings (SSSR count). The number of aryl methyl sites for hydroxylation is 1. The molecule has 1 fully saturated rings. The molecule has 1 saturated heterocycles. The molecule has 26 heavy (non-hydrogen) atoms. The fourth-order valence-corrected chi connectivity index (χ4v) is 3.19. The number of hydrogen-bond donors (Lipinski definition) is 2. The first kappa shape index (κ1) is 18.2. The van der Waals surface area contributed by atoms with E-state index >= 15 is 0 Å². The van der Waals surface area contributed by atoms with Crippen molar-refractivity contribution in [1.29, 1.82) is 0 Å². The highest BCUT2D eigenvalue weighted by Crippen LogP contribution is 2.19. The van der Waals surface area contributed by atoms with Crippen LogP contribution < -0.4 is 4.72 Å². The van der Waals surface area contributed by atoms with E-state index in [-0.39, 0.29) is 17.4 Å². The Balaban J connectivity index is 1.65. The molecular weight excluding hydrogens is 355 g/mol. The third kappa shape index (κ3) is 3.65. The number of piperazine rings is 1. The zero-order valence-electron chi connectivity index (χ0n) is 14.3. The molecule has 0 aliphatic carbocycles. The van der Waals surface area contributed by atoms with Gasteiger partial charge in [0.15, 0.2) is 5.82 Å². The maximum absolute atomic E-state index is 13.7. The first-order valence-corrected chi connectivity index (χ1v) is 8.65. The van der Waals surface area contributed by atoms with Gasteiger partial charge in [-0.1, -0.05) is 12.8 Å². The van der Waals surface area contributed by atoms with E-state index in [9.17, 15) is 14.0 Å². The number of hydrogen-bond acceptors (Lipinski definition) is 5. The molecular formula is C18H19FN4O2S. The predicted octanol–water partition coefficient (Wildman–Crippen LogP) is 2.38. The zero-order chi connectivity index (χ0) is 18.7. The summed E-state index contributed by atoms with van der Waals surface area (Å²) >= 11 is 4.02. The van der Waals surface area contributed by atoms with Gasteiger partial charge in [0.25, 0.3) is 11.8 Å². The second-order valence-electron chi connectivity index (χ2n) is 6.08. The standard InChI is InChI=1S/C18H19FN4O2S/c1-12-10-13(2-3-16(12)21-26)17(24)22-6-8-23(9-7-22)18(25)14-4-5-20-11-15(14)19/h2-5,10-11,21,26H,6-9H2,1H3. The molecule has 1 aliphatic heterocycles. The van der Waals surface area contributed by atoms with Crippen molar-refractivity contribution in [3.05, 3.63) is 59.2 Å². The van der Waals surface area contributed by atoms with Crippen molar-refractivity contribution < 1.29 is 14.0 Å². The number of carbonyl (C=O) groups is 2. The number of pyridine rings is 1. The number of nitrogens with zero attached hydrogens (tertiary/aromatic N) is 3. The Morgan fingerprint density at radius 1 is 1.12 bits per heavy atom. The van der Waals surface area contributed by atoms with E-state index in [2.05, 4.69) is 22.5 Å². The highest BCUT2D eigenvalue weighted by atomic mass is 32.1. The molecule has 0 radical (unpaired) electrons. The van der Waals surface area contributed by atoms with Crippen LogP contribution >= 0.6 is 12.8 Å². The lowest BCUT2D eigenvalue weighted by Crippen LogP contribution is -2.50. The topological polar surface area (TPSA) is 65.5 Å². The number of aromatic nitrogens is 1. The normalized spacial score (nSPS) is 14.3. The highest BCUT2D eigenvalue weighted by molar-refractivity contribution is 7.81. The lowest BCUT2D eigenvalue weighted by Gasteiger charge is -2.35. The number of nitrogens with one attached hydrogen (secondary N) is 1. The van der Waals surface area contributed by atoms with Crippen LogP contribution in [0.15, 0.2) is 36.7 Å². The van der Waals surface area contributed by atoms with Crippen molar-refractivity contribution in [3.63, 3.8) is 0 Å². The fraction of sp³-hybridized carbons (Fsp3) is 0.278.